The Morgan fingerprint density at radius 2 is 2.43 bits per heavy atom. The van der Waals surface area contributed by atoms with Gasteiger partial charge >= 0.3 is 0 Å². The fourth-order valence-corrected chi connectivity index (χ4v) is 2.75. The zero-order valence-corrected chi connectivity index (χ0v) is 5.92. The van der Waals surface area contributed by atoms with Crippen LogP contribution >= 0.6 is 8.02 Å². The lowest BCUT2D eigenvalue weighted by molar-refractivity contribution is 0.693. The Labute approximate surface area is 45.7 Å². The zero-order valence-electron chi connectivity index (χ0n) is 4.10. The molecule has 7 heavy (non-hydrogen) atoms. The molecule has 0 aliphatic carbocycles. The standard InChI is InChI=1S/C4H7OPS/c1-2-4-3-7(4,5)6/h3,6H,2H2,1H3. The van der Waals surface area contributed by atoms with E-state index in [1.54, 1.807) is 5.41 Å². The van der Waals surface area contributed by atoms with Gasteiger partial charge in [-0.3, -0.25) is 4.21 Å². The number of hydrogen-bond acceptors (Lipinski definition) is 1. The Morgan fingerprint density at radius 1 is 2.00 bits per heavy atom. The summed E-state index contributed by atoms with van der Waals surface area (Å²) >= 11 is 0. The summed E-state index contributed by atoms with van der Waals surface area (Å²) in [6.07, 6.45) is 0.919. The quantitative estimate of drug-likeness (QED) is 0.498. The molecule has 3 heteroatoms. The molecule has 0 saturated carbocycles. The summed E-state index contributed by atoms with van der Waals surface area (Å²) in [5, 5.41) is 1.77. The maximum Gasteiger partial charge on any atom is 0.0372 e. The van der Waals surface area contributed by atoms with Crippen molar-refractivity contribution in [3.8, 4) is 0 Å². The van der Waals surface area contributed by atoms with Gasteiger partial charge in [0, 0.05) is 19.4 Å². The van der Waals surface area contributed by atoms with Gasteiger partial charge in [-0.1, -0.05) is 6.92 Å². The number of hydrogen-bond donors (Lipinski definition) is 0. The minimum atomic E-state index is -1.66. The predicted octanol–water partition coefficient (Wildman–Crippen LogP) is 1.59. The van der Waals surface area contributed by atoms with Gasteiger partial charge in [-0.15, -0.1) is 0 Å². The van der Waals surface area contributed by atoms with Crippen LogP contribution < -0.4 is 0 Å². The van der Waals surface area contributed by atoms with Crippen LogP contribution in [0.4, 0.5) is 0 Å². The van der Waals surface area contributed by atoms with Crippen LogP contribution in [-0.2, 0) is 9.11 Å². The van der Waals surface area contributed by atoms with E-state index in [1.807, 2.05) is 6.92 Å². The Hall–Kier alpha value is 0.190. The molecule has 1 heterocycles. The van der Waals surface area contributed by atoms with E-state index in [9.17, 15) is 4.21 Å². The van der Waals surface area contributed by atoms with Crippen LogP contribution in [0.1, 0.15) is 13.3 Å². The van der Waals surface area contributed by atoms with Crippen LogP contribution in [0, 0.1) is 0 Å². The monoisotopic (exact) mass is 134 g/mol. The molecule has 0 saturated heterocycles. The maximum atomic E-state index is 10.7. The first kappa shape index (κ1) is 5.33. The third-order valence-electron chi connectivity index (χ3n) is 0.978. The average Bonchev–Trinajstić information content (AvgIpc) is 2.13. The van der Waals surface area contributed by atoms with Gasteiger partial charge in [0.25, 0.3) is 0 Å². The fraction of sp³-hybridized carbons (Fsp3) is 0.500. The molecule has 0 radical (unpaired) electrons. The van der Waals surface area contributed by atoms with E-state index < -0.39 is 9.11 Å². The van der Waals surface area contributed by atoms with E-state index in [1.165, 1.54) is 0 Å². The van der Waals surface area contributed by atoms with Crippen LogP contribution in [0.25, 0.3) is 0 Å². The van der Waals surface area contributed by atoms with E-state index in [0.717, 1.165) is 11.3 Å². The normalized spacial score (nSPS) is 37.6. The van der Waals surface area contributed by atoms with Crippen LogP contribution in [0.15, 0.2) is 10.3 Å². The highest BCUT2D eigenvalue weighted by atomic mass is 32.5. The molecule has 0 aromatic carbocycles. The first-order valence-corrected chi connectivity index (χ1v) is 5.01. The van der Waals surface area contributed by atoms with Gasteiger partial charge in [0.2, 0.25) is 0 Å². The van der Waals surface area contributed by atoms with Crippen LogP contribution in [0.3, 0.4) is 0 Å². The van der Waals surface area contributed by atoms with Gasteiger partial charge in [0.05, 0.1) is 0 Å². The lowest BCUT2D eigenvalue weighted by Crippen LogP contribution is -1.65. The van der Waals surface area contributed by atoms with Crippen molar-refractivity contribution in [1.29, 1.82) is 0 Å². The van der Waals surface area contributed by atoms with Crippen molar-refractivity contribution in [3.05, 3.63) is 10.3 Å². The largest absolute Gasteiger partial charge is 0.255 e. The Bertz CT molecular complexity index is 200. The topological polar surface area (TPSA) is 17.1 Å². The molecule has 0 fully saturated rings. The lowest BCUT2D eigenvalue weighted by atomic mass is 10.5. The molecule has 1 aliphatic heterocycles. The third kappa shape index (κ3) is 0.868. The molecule has 1 unspecified atom stereocenters. The molecule has 40 valence electrons. The van der Waals surface area contributed by atoms with Crippen molar-refractivity contribution in [1.82, 2.24) is 0 Å². The number of allylic oxidation sites excluding steroid dienone is 1. The maximum absolute atomic E-state index is 10.7. The van der Waals surface area contributed by atoms with E-state index >= 15 is 0 Å². The van der Waals surface area contributed by atoms with E-state index in [4.69, 9.17) is 0 Å². The second kappa shape index (κ2) is 1.33. The van der Waals surface area contributed by atoms with E-state index in [2.05, 4.69) is 8.02 Å². The van der Waals surface area contributed by atoms with Gasteiger partial charge in [-0.2, -0.15) is 0 Å². The minimum Gasteiger partial charge on any atom is -0.255 e. The molecule has 0 spiro atoms. The van der Waals surface area contributed by atoms with Gasteiger partial charge in [-0.05, 0) is 14.4 Å². The van der Waals surface area contributed by atoms with Gasteiger partial charge in [-0.25, -0.2) is 0 Å². The average molecular weight is 134 g/mol. The smallest absolute Gasteiger partial charge is 0.0372 e. The van der Waals surface area contributed by atoms with Gasteiger partial charge in [0.15, 0.2) is 0 Å². The van der Waals surface area contributed by atoms with Gasteiger partial charge in [0.1, 0.15) is 0 Å². The first-order valence-electron chi connectivity index (χ1n) is 2.16. The summed E-state index contributed by atoms with van der Waals surface area (Å²) in [5.74, 6) is 0. The molecule has 0 amide bonds. The Balaban J connectivity index is 2.75. The summed E-state index contributed by atoms with van der Waals surface area (Å²) in [6.45, 7) is 2.00. The summed E-state index contributed by atoms with van der Waals surface area (Å²) in [5.41, 5.74) is 0. The first-order chi connectivity index (χ1) is 3.17. The molecule has 0 aromatic heterocycles. The highest BCUT2D eigenvalue weighted by Crippen LogP contribution is 2.31. The van der Waals surface area contributed by atoms with Crippen LogP contribution in [-0.4, -0.2) is 4.21 Å². The predicted molar refractivity (Wildman–Crippen MR) is 34.8 cm³/mol. The number of rotatable bonds is 1. The molecular weight excluding hydrogens is 127 g/mol. The molecule has 1 aliphatic rings. The fourth-order valence-electron chi connectivity index (χ4n) is 0.459. The van der Waals surface area contributed by atoms with Crippen molar-refractivity contribution < 1.29 is 4.21 Å². The summed E-state index contributed by atoms with van der Waals surface area (Å²) < 4.78 is 10.7. The Morgan fingerprint density at radius 3 is 2.43 bits per heavy atom. The summed E-state index contributed by atoms with van der Waals surface area (Å²) in [6, 6.07) is 0. The molecule has 0 aromatic rings. The highest BCUT2D eigenvalue weighted by molar-refractivity contribution is 8.30. The Kier molecular flexibility index (Phi) is 1.01. The molecule has 1 nitrogen and oxygen atoms in total. The summed E-state index contributed by atoms with van der Waals surface area (Å²) in [7, 11) is 1.43. The van der Waals surface area contributed by atoms with E-state index in [0.29, 0.717) is 0 Å². The van der Waals surface area contributed by atoms with Gasteiger partial charge < -0.3 is 0 Å². The minimum absolute atomic E-state index is 0.919. The molecule has 1 rings (SSSR count). The van der Waals surface area contributed by atoms with E-state index in [-0.39, 0.29) is 0 Å². The molecule has 0 N–H and O–H groups in total. The molecular formula is C4H7OPS. The lowest BCUT2D eigenvalue weighted by Gasteiger charge is -1.75. The molecule has 1 atom stereocenters. The van der Waals surface area contributed by atoms with Crippen molar-refractivity contribution in [2.24, 2.45) is 0 Å². The highest BCUT2D eigenvalue weighted by Gasteiger charge is 2.20. The van der Waals surface area contributed by atoms with Crippen LogP contribution in [0.2, 0.25) is 0 Å². The van der Waals surface area contributed by atoms with Crippen molar-refractivity contribution in [2.75, 3.05) is 0 Å². The van der Waals surface area contributed by atoms with Crippen molar-refractivity contribution >= 4 is 17.1 Å². The summed E-state index contributed by atoms with van der Waals surface area (Å²) in [4.78, 5) is 1.06. The second-order valence-electron chi connectivity index (χ2n) is 1.54. The second-order valence-corrected chi connectivity index (χ2v) is 5.32. The van der Waals surface area contributed by atoms with Crippen molar-refractivity contribution in [3.63, 3.8) is 0 Å². The SMILES string of the molecule is CCC1=CS1(=O)=P. The van der Waals surface area contributed by atoms with Crippen LogP contribution in [0.5, 0.6) is 0 Å². The van der Waals surface area contributed by atoms with Crippen molar-refractivity contribution in [2.45, 2.75) is 13.3 Å². The zero-order chi connectivity index (χ0) is 5.49. The molecule has 0 bridgehead atoms. The third-order valence-corrected chi connectivity index (χ3v) is 3.67.